The van der Waals surface area contributed by atoms with Crippen molar-refractivity contribution in [3.63, 3.8) is 0 Å². The smallest absolute Gasteiger partial charge is 0.323 e. The van der Waals surface area contributed by atoms with Crippen LogP contribution in [0.15, 0.2) is 97.2 Å². The number of hydrogen-bond acceptors (Lipinski definition) is 4. The Balaban J connectivity index is 1.28. The first-order valence-corrected chi connectivity index (χ1v) is 15.5. The van der Waals surface area contributed by atoms with Crippen LogP contribution >= 0.6 is 7.60 Å². The number of carbonyl (C=O) groups excluding carboxylic acids is 2. The number of amides is 4. The fourth-order valence-corrected chi connectivity index (χ4v) is 7.53. The van der Waals surface area contributed by atoms with Crippen LogP contribution in [0.2, 0.25) is 0 Å². The average molecular weight is 586 g/mol. The Morgan fingerprint density at radius 2 is 1.57 bits per heavy atom. The highest BCUT2D eigenvalue weighted by atomic mass is 31.2. The fraction of sp³-hybridized carbons (Fsp3) is 0.258. The van der Waals surface area contributed by atoms with Gasteiger partial charge in [0.05, 0.1) is 29.0 Å². The minimum absolute atomic E-state index is 0.0164. The van der Waals surface area contributed by atoms with E-state index in [2.05, 4.69) is 4.98 Å². The van der Waals surface area contributed by atoms with Gasteiger partial charge in [0.25, 0.3) is 0 Å². The molecule has 2 saturated heterocycles. The Bertz CT molecular complexity index is 1610. The Kier molecular flexibility index (Phi) is 7.45. The lowest BCUT2D eigenvalue weighted by molar-refractivity contribution is 0.0654. The van der Waals surface area contributed by atoms with E-state index >= 15 is 0 Å². The summed E-state index contributed by atoms with van der Waals surface area (Å²) >= 11 is 0. The van der Waals surface area contributed by atoms with Crippen LogP contribution < -0.4 is 4.90 Å². The molecule has 3 heterocycles. The van der Waals surface area contributed by atoms with Crippen molar-refractivity contribution in [3.8, 4) is 0 Å². The van der Waals surface area contributed by atoms with Crippen molar-refractivity contribution in [2.24, 2.45) is 0 Å². The van der Waals surface area contributed by atoms with Crippen LogP contribution in [0.3, 0.4) is 0 Å². The quantitative estimate of drug-likeness (QED) is 0.303. The topological polar surface area (TPSA) is 118 Å². The molecule has 0 radical (unpaired) electrons. The van der Waals surface area contributed by atoms with Gasteiger partial charge in [0.1, 0.15) is 0 Å². The highest BCUT2D eigenvalue weighted by Gasteiger charge is 2.57. The van der Waals surface area contributed by atoms with Gasteiger partial charge in [-0.05, 0) is 60.9 Å². The number of pyridine rings is 1. The molecule has 3 atom stereocenters. The minimum Gasteiger partial charge on any atom is -0.323 e. The normalized spacial score (nSPS) is 20.0. The standard InChI is InChI=1S/C31H32N5O5P/c1-33(20-22-14-16-27-23(19-22)9-8-18-32-27)30(37)36-26-15-17-28(36)29(42(39,40)41)34(21-26)31(38)35(24-10-4-2-5-11-24)25-12-6-3-7-13-25/h2-14,16,18-19,26,28-29H,15,17,20-21H2,1H3,(H2,39,40,41)/t26-,28+,29+/m0/s1. The Labute approximate surface area is 243 Å². The summed E-state index contributed by atoms with van der Waals surface area (Å²) in [6.07, 6.45) is 2.67. The molecule has 42 heavy (non-hydrogen) atoms. The van der Waals surface area contributed by atoms with Crippen molar-refractivity contribution < 1.29 is 23.9 Å². The summed E-state index contributed by atoms with van der Waals surface area (Å²) in [5.41, 5.74) is 2.93. The second-order valence-corrected chi connectivity index (χ2v) is 12.5. The second kappa shape index (κ2) is 11.2. The van der Waals surface area contributed by atoms with Crippen LogP contribution in [-0.2, 0) is 11.1 Å². The van der Waals surface area contributed by atoms with Gasteiger partial charge in [0.15, 0.2) is 5.78 Å². The summed E-state index contributed by atoms with van der Waals surface area (Å²) in [7, 11) is -3.18. The van der Waals surface area contributed by atoms with Crippen molar-refractivity contribution in [1.29, 1.82) is 0 Å². The molecule has 0 spiro atoms. The van der Waals surface area contributed by atoms with E-state index in [1.165, 1.54) is 9.80 Å². The summed E-state index contributed by atoms with van der Waals surface area (Å²) in [5, 5.41) is 0.964. The van der Waals surface area contributed by atoms with Crippen LogP contribution in [0.1, 0.15) is 18.4 Å². The SMILES string of the molecule is CN(Cc1ccc2ncccc2c1)C(=O)N1[C@H]2CC[C@@H]1[C@@H](P(=O)(O)O)N(C(=O)N(c1ccccc1)c1ccccc1)C2. The number of para-hydroxylation sites is 2. The number of anilines is 2. The van der Waals surface area contributed by atoms with Gasteiger partial charge in [0.2, 0.25) is 0 Å². The number of hydrogen-bond donors (Lipinski definition) is 2. The molecule has 11 heteroatoms. The van der Waals surface area contributed by atoms with Gasteiger partial charge in [-0.15, -0.1) is 0 Å². The minimum atomic E-state index is -4.86. The number of likely N-dealkylation sites (tertiary alicyclic amines) is 1. The summed E-state index contributed by atoms with van der Waals surface area (Å²) < 4.78 is 13.1. The van der Waals surface area contributed by atoms with E-state index in [4.69, 9.17) is 0 Å². The number of aromatic nitrogens is 1. The van der Waals surface area contributed by atoms with E-state index in [1.807, 2.05) is 42.5 Å². The van der Waals surface area contributed by atoms with Crippen molar-refractivity contribution in [1.82, 2.24) is 19.7 Å². The van der Waals surface area contributed by atoms with Gasteiger partial charge in [0, 0.05) is 31.7 Å². The number of rotatable bonds is 5. The Morgan fingerprint density at radius 1 is 0.905 bits per heavy atom. The molecule has 1 aromatic heterocycles. The maximum atomic E-state index is 14.2. The van der Waals surface area contributed by atoms with Gasteiger partial charge < -0.3 is 24.5 Å². The predicted molar refractivity (Wildman–Crippen MR) is 160 cm³/mol. The fourth-order valence-electron chi connectivity index (χ4n) is 6.24. The number of piperazine rings is 1. The van der Waals surface area contributed by atoms with E-state index in [0.29, 0.717) is 30.8 Å². The molecule has 10 nitrogen and oxygen atoms in total. The van der Waals surface area contributed by atoms with Crippen molar-refractivity contribution in [2.75, 3.05) is 18.5 Å². The molecule has 0 saturated carbocycles. The molecule has 2 fully saturated rings. The van der Waals surface area contributed by atoms with Gasteiger partial charge in [-0.3, -0.25) is 14.4 Å². The van der Waals surface area contributed by atoms with Gasteiger partial charge in [-0.25, -0.2) is 9.59 Å². The number of fused-ring (bicyclic) bond motifs is 3. The van der Waals surface area contributed by atoms with E-state index < -0.39 is 25.5 Å². The van der Waals surface area contributed by atoms with E-state index in [1.54, 1.807) is 71.6 Å². The van der Waals surface area contributed by atoms with E-state index in [0.717, 1.165) is 16.5 Å². The summed E-state index contributed by atoms with van der Waals surface area (Å²) in [5.74, 6) is -1.47. The third-order valence-corrected chi connectivity index (χ3v) is 9.37. The number of urea groups is 2. The highest BCUT2D eigenvalue weighted by molar-refractivity contribution is 7.52. The number of nitrogens with zero attached hydrogens (tertiary/aromatic N) is 5. The first kappa shape index (κ1) is 27.9. The summed E-state index contributed by atoms with van der Waals surface area (Å²) in [6.45, 7) is 0.334. The lowest BCUT2D eigenvalue weighted by atomic mass is 10.1. The summed E-state index contributed by atoms with van der Waals surface area (Å²) in [6, 6.07) is 25.6. The average Bonchev–Trinajstić information content (AvgIpc) is 3.28. The maximum Gasteiger partial charge on any atom is 0.350 e. The number of benzene rings is 3. The molecule has 3 aromatic carbocycles. The van der Waals surface area contributed by atoms with E-state index in [-0.39, 0.29) is 18.6 Å². The predicted octanol–water partition coefficient (Wildman–Crippen LogP) is 5.40. The van der Waals surface area contributed by atoms with Crippen LogP contribution in [0.25, 0.3) is 10.9 Å². The van der Waals surface area contributed by atoms with Crippen molar-refractivity contribution in [2.45, 2.75) is 37.3 Å². The Hall–Kier alpha value is -4.24. The molecule has 4 amide bonds. The Morgan fingerprint density at radius 3 is 2.21 bits per heavy atom. The van der Waals surface area contributed by atoms with Crippen molar-refractivity contribution >= 4 is 41.9 Å². The van der Waals surface area contributed by atoms with E-state index in [9.17, 15) is 23.9 Å². The first-order chi connectivity index (χ1) is 20.2. The van der Waals surface area contributed by atoms with Crippen LogP contribution in [0.5, 0.6) is 0 Å². The third kappa shape index (κ3) is 5.25. The molecule has 0 unspecified atom stereocenters. The number of carbonyl (C=O) groups is 2. The molecule has 6 rings (SSSR count). The third-order valence-electron chi connectivity index (χ3n) is 8.06. The lowest BCUT2D eigenvalue weighted by Gasteiger charge is -2.48. The maximum absolute atomic E-state index is 14.2. The van der Waals surface area contributed by atoms with Gasteiger partial charge in [-0.1, -0.05) is 48.5 Å². The molecule has 2 bridgehead atoms. The molecule has 2 N–H and O–H groups in total. The molecule has 0 aliphatic carbocycles. The van der Waals surface area contributed by atoms with Crippen LogP contribution in [0.4, 0.5) is 21.0 Å². The largest absolute Gasteiger partial charge is 0.350 e. The molecule has 216 valence electrons. The molecule has 2 aliphatic heterocycles. The van der Waals surface area contributed by atoms with Crippen molar-refractivity contribution in [3.05, 3.63) is 103 Å². The highest BCUT2D eigenvalue weighted by Crippen LogP contribution is 2.52. The van der Waals surface area contributed by atoms with Gasteiger partial charge >= 0.3 is 19.7 Å². The molecule has 4 aromatic rings. The van der Waals surface area contributed by atoms with Gasteiger partial charge in [-0.2, -0.15) is 0 Å². The monoisotopic (exact) mass is 585 g/mol. The second-order valence-electron chi connectivity index (χ2n) is 10.8. The molecule has 2 aliphatic rings. The first-order valence-electron chi connectivity index (χ1n) is 13.9. The zero-order valence-electron chi connectivity index (χ0n) is 23.1. The van der Waals surface area contributed by atoms with Crippen LogP contribution in [0, 0.1) is 0 Å². The molecular formula is C31H32N5O5P. The lowest BCUT2D eigenvalue weighted by Crippen LogP contribution is -2.65. The zero-order chi connectivity index (χ0) is 29.4. The molecular weight excluding hydrogens is 553 g/mol. The zero-order valence-corrected chi connectivity index (χ0v) is 24.0. The van der Waals surface area contributed by atoms with Crippen LogP contribution in [-0.4, -0.2) is 73.0 Å². The summed E-state index contributed by atoms with van der Waals surface area (Å²) in [4.78, 5) is 59.5.